The van der Waals surface area contributed by atoms with E-state index in [1.54, 1.807) is 4.68 Å². The van der Waals surface area contributed by atoms with E-state index < -0.39 is 0 Å². The number of rotatable bonds is 5. The van der Waals surface area contributed by atoms with Gasteiger partial charge in [-0.15, -0.1) is 0 Å². The normalized spacial score (nSPS) is 22.6. The van der Waals surface area contributed by atoms with Crippen molar-refractivity contribution in [2.45, 2.75) is 45.1 Å². The van der Waals surface area contributed by atoms with Crippen molar-refractivity contribution in [3.63, 3.8) is 0 Å². The van der Waals surface area contributed by atoms with Crippen LogP contribution < -0.4 is 5.32 Å². The molecule has 2 heterocycles. The summed E-state index contributed by atoms with van der Waals surface area (Å²) < 4.78 is 7.16. The van der Waals surface area contributed by atoms with Crippen LogP contribution in [0.1, 0.15) is 38.5 Å². The zero-order valence-electron chi connectivity index (χ0n) is 12.7. The van der Waals surface area contributed by atoms with Gasteiger partial charge in [-0.25, -0.2) is 0 Å². The van der Waals surface area contributed by atoms with E-state index in [-0.39, 0.29) is 0 Å². The number of nitrogens with zero attached hydrogens (tertiary/aromatic N) is 4. The summed E-state index contributed by atoms with van der Waals surface area (Å²) in [6.07, 6.45) is 7.84. The summed E-state index contributed by atoms with van der Waals surface area (Å²) in [5.41, 5.74) is 0.763. The van der Waals surface area contributed by atoms with Gasteiger partial charge >= 0.3 is 0 Å². The fourth-order valence-electron chi connectivity index (χ4n) is 3.18. The summed E-state index contributed by atoms with van der Waals surface area (Å²) in [6.45, 7) is 3.18. The van der Waals surface area contributed by atoms with Crippen molar-refractivity contribution in [2.24, 2.45) is 13.0 Å². The van der Waals surface area contributed by atoms with Crippen LogP contribution in [0.15, 0.2) is 16.8 Å². The fourth-order valence-corrected chi connectivity index (χ4v) is 3.18. The first-order valence-corrected chi connectivity index (χ1v) is 7.82. The molecule has 6 nitrogen and oxygen atoms in total. The van der Waals surface area contributed by atoms with Crippen molar-refractivity contribution in [3.8, 4) is 11.5 Å². The van der Waals surface area contributed by atoms with Gasteiger partial charge in [-0.3, -0.25) is 4.68 Å². The summed E-state index contributed by atoms with van der Waals surface area (Å²) in [7, 11) is 1.88. The van der Waals surface area contributed by atoms with Crippen molar-refractivity contribution in [2.75, 3.05) is 6.54 Å². The van der Waals surface area contributed by atoms with E-state index in [2.05, 4.69) is 27.5 Å². The molecule has 0 aromatic carbocycles. The maximum atomic E-state index is 5.42. The molecule has 0 aliphatic heterocycles. The van der Waals surface area contributed by atoms with E-state index in [1.807, 2.05) is 19.3 Å². The Morgan fingerprint density at radius 2 is 2.24 bits per heavy atom. The van der Waals surface area contributed by atoms with E-state index in [1.165, 1.54) is 25.7 Å². The van der Waals surface area contributed by atoms with E-state index in [4.69, 9.17) is 4.52 Å². The molecule has 2 aromatic heterocycles. The molecule has 1 aliphatic rings. The number of hydrogen-bond acceptors (Lipinski definition) is 5. The van der Waals surface area contributed by atoms with Crippen molar-refractivity contribution in [3.05, 3.63) is 18.2 Å². The van der Waals surface area contributed by atoms with E-state index in [0.29, 0.717) is 17.8 Å². The molecule has 0 amide bonds. The molecular weight excluding hydrogens is 266 g/mol. The van der Waals surface area contributed by atoms with Crippen LogP contribution in [0.2, 0.25) is 0 Å². The Bertz CT molecular complexity index is 574. The van der Waals surface area contributed by atoms with Crippen molar-refractivity contribution >= 4 is 0 Å². The number of nitrogens with one attached hydrogen (secondary N) is 1. The average Bonchev–Trinajstić information content (AvgIpc) is 3.10. The third kappa shape index (κ3) is 3.32. The number of hydrogen-bond donors (Lipinski definition) is 1. The van der Waals surface area contributed by atoms with Crippen LogP contribution in [0.25, 0.3) is 11.5 Å². The van der Waals surface area contributed by atoms with Gasteiger partial charge < -0.3 is 9.84 Å². The minimum absolute atomic E-state index is 0.578. The summed E-state index contributed by atoms with van der Waals surface area (Å²) in [5, 5.41) is 11.9. The molecular formula is C15H23N5O. The van der Waals surface area contributed by atoms with Gasteiger partial charge in [0, 0.05) is 25.7 Å². The minimum Gasteiger partial charge on any atom is -0.339 e. The predicted octanol–water partition coefficient (Wildman–Crippen LogP) is 2.18. The van der Waals surface area contributed by atoms with E-state index in [9.17, 15) is 0 Å². The summed E-state index contributed by atoms with van der Waals surface area (Å²) in [5.74, 6) is 1.91. The average molecular weight is 289 g/mol. The third-order valence-corrected chi connectivity index (χ3v) is 4.22. The molecule has 1 saturated carbocycles. The van der Waals surface area contributed by atoms with Gasteiger partial charge in [0.05, 0.1) is 0 Å². The highest BCUT2D eigenvalue weighted by atomic mass is 16.5. The van der Waals surface area contributed by atoms with Crippen molar-refractivity contribution < 1.29 is 4.52 Å². The maximum absolute atomic E-state index is 5.42. The Hall–Kier alpha value is -1.69. The first-order chi connectivity index (χ1) is 10.3. The van der Waals surface area contributed by atoms with Gasteiger partial charge in [0.15, 0.2) is 0 Å². The van der Waals surface area contributed by atoms with Crippen LogP contribution in [-0.4, -0.2) is 32.5 Å². The van der Waals surface area contributed by atoms with Gasteiger partial charge in [-0.1, -0.05) is 24.9 Å². The molecule has 2 aromatic rings. The molecule has 3 rings (SSSR count). The lowest BCUT2D eigenvalue weighted by Gasteiger charge is -2.31. The maximum Gasteiger partial charge on any atom is 0.227 e. The van der Waals surface area contributed by atoms with Gasteiger partial charge in [0.2, 0.25) is 11.7 Å². The minimum atomic E-state index is 0.578. The van der Waals surface area contributed by atoms with Gasteiger partial charge in [-0.2, -0.15) is 10.1 Å². The zero-order valence-corrected chi connectivity index (χ0v) is 12.7. The Morgan fingerprint density at radius 1 is 1.38 bits per heavy atom. The predicted molar refractivity (Wildman–Crippen MR) is 79.6 cm³/mol. The van der Waals surface area contributed by atoms with Crippen LogP contribution in [-0.2, 0) is 13.5 Å². The zero-order chi connectivity index (χ0) is 14.7. The highest BCUT2D eigenvalue weighted by Crippen LogP contribution is 2.27. The molecule has 1 aliphatic carbocycles. The molecule has 0 saturated heterocycles. The molecule has 1 N–H and O–H groups in total. The molecule has 114 valence electrons. The lowest BCUT2D eigenvalue weighted by Crippen LogP contribution is -2.39. The standard InChI is InChI=1S/C15H23N5O/c1-3-16-12-7-5-4-6-11(12)10-14-17-15(19-21-14)13-8-9-20(2)18-13/h8-9,11-12,16H,3-7,10H2,1-2H3. The molecule has 2 unspecified atom stereocenters. The molecule has 1 fully saturated rings. The van der Waals surface area contributed by atoms with Gasteiger partial charge in [-0.05, 0) is 31.4 Å². The topological polar surface area (TPSA) is 68.8 Å². The van der Waals surface area contributed by atoms with Crippen molar-refractivity contribution in [1.29, 1.82) is 0 Å². The largest absolute Gasteiger partial charge is 0.339 e. The molecule has 21 heavy (non-hydrogen) atoms. The molecule has 0 radical (unpaired) electrons. The SMILES string of the molecule is CCNC1CCCCC1Cc1nc(-c2ccn(C)n2)no1. The molecule has 2 atom stereocenters. The number of aromatic nitrogens is 4. The van der Waals surface area contributed by atoms with Crippen LogP contribution in [0.5, 0.6) is 0 Å². The first-order valence-electron chi connectivity index (χ1n) is 7.82. The van der Waals surface area contributed by atoms with Crippen LogP contribution in [0, 0.1) is 5.92 Å². The smallest absolute Gasteiger partial charge is 0.227 e. The summed E-state index contributed by atoms with van der Waals surface area (Å²) in [4.78, 5) is 4.50. The Balaban J connectivity index is 1.68. The van der Waals surface area contributed by atoms with Crippen LogP contribution in [0.4, 0.5) is 0 Å². The lowest BCUT2D eigenvalue weighted by molar-refractivity contribution is 0.242. The molecule has 0 bridgehead atoms. The molecule has 6 heteroatoms. The summed E-state index contributed by atoms with van der Waals surface area (Å²) in [6, 6.07) is 2.48. The van der Waals surface area contributed by atoms with Crippen molar-refractivity contribution in [1.82, 2.24) is 25.2 Å². The monoisotopic (exact) mass is 289 g/mol. The Morgan fingerprint density at radius 3 is 3.00 bits per heavy atom. The Kier molecular flexibility index (Phi) is 4.34. The van der Waals surface area contributed by atoms with E-state index in [0.717, 1.165) is 24.6 Å². The van der Waals surface area contributed by atoms with E-state index >= 15 is 0 Å². The Labute approximate surface area is 124 Å². The third-order valence-electron chi connectivity index (χ3n) is 4.22. The highest BCUT2D eigenvalue weighted by molar-refractivity contribution is 5.46. The summed E-state index contributed by atoms with van der Waals surface area (Å²) >= 11 is 0. The van der Waals surface area contributed by atoms with Gasteiger partial charge in [0.1, 0.15) is 5.69 Å². The highest BCUT2D eigenvalue weighted by Gasteiger charge is 2.26. The quantitative estimate of drug-likeness (QED) is 0.913. The molecule has 0 spiro atoms. The first kappa shape index (κ1) is 14.3. The fraction of sp³-hybridized carbons (Fsp3) is 0.667. The lowest BCUT2D eigenvalue weighted by atomic mass is 9.82. The van der Waals surface area contributed by atoms with Crippen LogP contribution in [0.3, 0.4) is 0 Å². The second-order valence-electron chi connectivity index (χ2n) is 5.80. The second-order valence-corrected chi connectivity index (χ2v) is 5.80. The van der Waals surface area contributed by atoms with Gasteiger partial charge in [0.25, 0.3) is 0 Å². The second kappa shape index (κ2) is 6.39. The number of aryl methyl sites for hydroxylation is 1. The van der Waals surface area contributed by atoms with Crippen LogP contribution >= 0.6 is 0 Å².